The number of halogens is 4. The van der Waals surface area contributed by atoms with Crippen LogP contribution in [0.4, 0.5) is 8.78 Å². The normalized spacial score (nSPS) is 34.5. The maximum atomic E-state index is 13.2. The maximum absolute atomic E-state index is 13.2. The Morgan fingerprint density at radius 1 is 1.36 bits per heavy atom. The molecule has 1 fully saturated rings. The Balaban J connectivity index is 2.49. The van der Waals surface area contributed by atoms with Crippen molar-refractivity contribution >= 4 is 31.9 Å². The van der Waals surface area contributed by atoms with Crippen LogP contribution in [-0.4, -0.2) is 9.16 Å². The fourth-order valence-corrected chi connectivity index (χ4v) is 2.97. The van der Waals surface area contributed by atoms with Gasteiger partial charge in [-0.15, -0.1) is 0 Å². The Kier molecular flexibility index (Phi) is 4.39. The zero-order valence-corrected chi connectivity index (χ0v) is 11.5. The second-order valence-electron chi connectivity index (χ2n) is 4.20. The van der Waals surface area contributed by atoms with Gasteiger partial charge in [0.05, 0.1) is 4.32 Å². The third-order valence-electron chi connectivity index (χ3n) is 3.10. The summed E-state index contributed by atoms with van der Waals surface area (Å²) < 4.78 is 25.3. The molecule has 1 rings (SSSR count). The summed E-state index contributed by atoms with van der Waals surface area (Å²) >= 11 is 5.67. The summed E-state index contributed by atoms with van der Waals surface area (Å²) in [6, 6.07) is 0. The van der Waals surface area contributed by atoms with Crippen LogP contribution >= 0.6 is 31.9 Å². The standard InChI is InChI=1S/C10H16Br2F2/c1-2-3-8-4-6-9(11,7-5-8)10(12,13)14/h8H,2-7H2,1H3. The lowest BCUT2D eigenvalue weighted by molar-refractivity contribution is 0.0437. The SMILES string of the molecule is CCCC1CCC(Br)(C(F)(F)Br)CC1. The second kappa shape index (κ2) is 4.77. The van der Waals surface area contributed by atoms with Gasteiger partial charge in [0, 0.05) is 0 Å². The Hall–Kier alpha value is 0.820. The van der Waals surface area contributed by atoms with Crippen molar-refractivity contribution in [1.29, 1.82) is 0 Å². The van der Waals surface area contributed by atoms with E-state index in [0.29, 0.717) is 18.8 Å². The third-order valence-corrected chi connectivity index (χ3v) is 5.68. The quantitative estimate of drug-likeness (QED) is 0.630. The average molecular weight is 334 g/mol. The summed E-state index contributed by atoms with van der Waals surface area (Å²) in [5.74, 6) is 0.653. The van der Waals surface area contributed by atoms with Gasteiger partial charge in [-0.3, -0.25) is 0 Å². The van der Waals surface area contributed by atoms with E-state index in [4.69, 9.17) is 0 Å². The lowest BCUT2D eigenvalue weighted by atomic mass is 9.80. The van der Waals surface area contributed by atoms with E-state index in [1.807, 2.05) is 0 Å². The van der Waals surface area contributed by atoms with Gasteiger partial charge < -0.3 is 0 Å². The minimum atomic E-state index is -2.78. The number of alkyl halides is 4. The van der Waals surface area contributed by atoms with Crippen LogP contribution in [0.2, 0.25) is 0 Å². The molecule has 0 unspecified atom stereocenters. The van der Waals surface area contributed by atoms with Gasteiger partial charge in [-0.2, -0.15) is 8.78 Å². The van der Waals surface area contributed by atoms with E-state index in [9.17, 15) is 8.78 Å². The van der Waals surface area contributed by atoms with Gasteiger partial charge in [0.2, 0.25) is 0 Å². The van der Waals surface area contributed by atoms with E-state index < -0.39 is 9.16 Å². The Bertz CT molecular complexity index is 181. The molecule has 0 heterocycles. The van der Waals surface area contributed by atoms with E-state index in [1.165, 1.54) is 6.42 Å². The third kappa shape index (κ3) is 2.91. The molecule has 1 aliphatic rings. The maximum Gasteiger partial charge on any atom is 0.316 e. The summed E-state index contributed by atoms with van der Waals surface area (Å²) in [5.41, 5.74) is 0. The Labute approximate surface area is 101 Å². The van der Waals surface area contributed by atoms with Crippen molar-refractivity contribution < 1.29 is 8.78 Å². The fraction of sp³-hybridized carbons (Fsp3) is 1.00. The van der Waals surface area contributed by atoms with E-state index in [2.05, 4.69) is 38.8 Å². The molecule has 0 spiro atoms. The first-order valence-electron chi connectivity index (χ1n) is 5.14. The Morgan fingerprint density at radius 3 is 2.21 bits per heavy atom. The highest BCUT2D eigenvalue weighted by atomic mass is 79.9. The van der Waals surface area contributed by atoms with Crippen molar-refractivity contribution in [2.75, 3.05) is 0 Å². The minimum absolute atomic E-state index is 0.565. The van der Waals surface area contributed by atoms with Crippen molar-refractivity contribution in [1.82, 2.24) is 0 Å². The van der Waals surface area contributed by atoms with E-state index >= 15 is 0 Å². The van der Waals surface area contributed by atoms with Gasteiger partial charge in [-0.1, -0.05) is 35.7 Å². The van der Waals surface area contributed by atoms with Crippen molar-refractivity contribution in [2.24, 2.45) is 5.92 Å². The summed E-state index contributed by atoms with van der Waals surface area (Å²) in [5, 5.41) is 0. The highest BCUT2D eigenvalue weighted by Crippen LogP contribution is 2.51. The molecule has 0 amide bonds. The van der Waals surface area contributed by atoms with Crippen LogP contribution in [0.25, 0.3) is 0 Å². The highest BCUT2D eigenvalue weighted by Gasteiger charge is 2.51. The monoisotopic (exact) mass is 332 g/mol. The molecule has 0 aromatic rings. The molecule has 0 radical (unpaired) electrons. The first kappa shape index (κ1) is 12.9. The number of hydrogen-bond donors (Lipinski definition) is 0. The molecular weight excluding hydrogens is 318 g/mol. The van der Waals surface area contributed by atoms with Crippen LogP contribution in [0, 0.1) is 5.92 Å². The topological polar surface area (TPSA) is 0 Å². The molecule has 0 aromatic carbocycles. The smallest absolute Gasteiger partial charge is 0.192 e. The number of hydrogen-bond acceptors (Lipinski definition) is 0. The predicted molar refractivity (Wildman–Crippen MR) is 62.4 cm³/mol. The molecule has 4 heteroatoms. The van der Waals surface area contributed by atoms with Crippen LogP contribution in [-0.2, 0) is 0 Å². The van der Waals surface area contributed by atoms with Crippen LogP contribution in [0.15, 0.2) is 0 Å². The van der Waals surface area contributed by atoms with E-state index in [0.717, 1.165) is 19.3 Å². The summed E-state index contributed by atoms with van der Waals surface area (Å²) in [6.45, 7) is 2.15. The minimum Gasteiger partial charge on any atom is -0.192 e. The summed E-state index contributed by atoms with van der Waals surface area (Å²) in [6.07, 6.45) is 5.30. The Morgan fingerprint density at radius 2 is 1.86 bits per heavy atom. The van der Waals surface area contributed by atoms with Crippen molar-refractivity contribution in [3.05, 3.63) is 0 Å². The molecule has 0 aromatic heterocycles. The molecule has 14 heavy (non-hydrogen) atoms. The molecule has 0 bridgehead atoms. The fourth-order valence-electron chi connectivity index (χ4n) is 2.12. The van der Waals surface area contributed by atoms with Crippen molar-refractivity contribution in [2.45, 2.75) is 54.6 Å². The van der Waals surface area contributed by atoms with Crippen LogP contribution < -0.4 is 0 Å². The highest BCUT2D eigenvalue weighted by molar-refractivity contribution is 9.12. The predicted octanol–water partition coefficient (Wildman–Crippen LogP) is 5.10. The molecular formula is C10H16Br2F2. The molecule has 1 saturated carbocycles. The van der Waals surface area contributed by atoms with Gasteiger partial charge >= 0.3 is 4.83 Å². The van der Waals surface area contributed by atoms with E-state index in [1.54, 1.807) is 0 Å². The molecule has 0 N–H and O–H groups in total. The first-order chi connectivity index (χ1) is 6.39. The zero-order valence-electron chi connectivity index (χ0n) is 8.33. The molecule has 1 aliphatic carbocycles. The molecule has 84 valence electrons. The average Bonchev–Trinajstić information content (AvgIpc) is 2.08. The lowest BCUT2D eigenvalue weighted by Crippen LogP contribution is -2.41. The van der Waals surface area contributed by atoms with Gasteiger partial charge in [-0.05, 0) is 47.5 Å². The molecule has 0 saturated heterocycles. The molecule has 0 atom stereocenters. The molecule has 0 aliphatic heterocycles. The lowest BCUT2D eigenvalue weighted by Gasteiger charge is -2.38. The van der Waals surface area contributed by atoms with Crippen LogP contribution in [0.5, 0.6) is 0 Å². The summed E-state index contributed by atoms with van der Waals surface area (Å²) in [4.78, 5) is -2.78. The largest absolute Gasteiger partial charge is 0.316 e. The summed E-state index contributed by atoms with van der Waals surface area (Å²) in [7, 11) is 0. The van der Waals surface area contributed by atoms with Gasteiger partial charge in [0.1, 0.15) is 0 Å². The van der Waals surface area contributed by atoms with E-state index in [-0.39, 0.29) is 0 Å². The molecule has 0 nitrogen and oxygen atoms in total. The van der Waals surface area contributed by atoms with Gasteiger partial charge in [0.25, 0.3) is 0 Å². The van der Waals surface area contributed by atoms with Crippen molar-refractivity contribution in [3.63, 3.8) is 0 Å². The van der Waals surface area contributed by atoms with Gasteiger partial charge in [0.15, 0.2) is 0 Å². The first-order valence-corrected chi connectivity index (χ1v) is 6.73. The van der Waals surface area contributed by atoms with Crippen LogP contribution in [0.1, 0.15) is 45.4 Å². The number of rotatable bonds is 3. The van der Waals surface area contributed by atoms with Crippen molar-refractivity contribution in [3.8, 4) is 0 Å². The van der Waals surface area contributed by atoms with Gasteiger partial charge in [-0.25, -0.2) is 0 Å². The van der Waals surface area contributed by atoms with Crippen LogP contribution in [0.3, 0.4) is 0 Å². The zero-order chi connectivity index (χ0) is 10.8. The second-order valence-corrected chi connectivity index (χ2v) is 6.71.